The molecule has 9 atom stereocenters. The van der Waals surface area contributed by atoms with Crippen LogP contribution in [0.4, 0.5) is 0 Å². The van der Waals surface area contributed by atoms with E-state index in [2.05, 4.69) is 188 Å². The van der Waals surface area contributed by atoms with Crippen molar-refractivity contribution in [3.63, 3.8) is 0 Å². The maximum Gasteiger partial charge on any atom is 0.138 e. The van der Waals surface area contributed by atoms with Crippen molar-refractivity contribution in [3.05, 3.63) is 221 Å². The van der Waals surface area contributed by atoms with E-state index in [0.29, 0.717) is 53.3 Å². The number of fused-ring (bicyclic) bond motifs is 8. The Kier molecular flexibility index (Phi) is 8.57. The summed E-state index contributed by atoms with van der Waals surface area (Å²) in [6, 6.07) is 32.0. The normalized spacial score (nSPS) is 30.0. The van der Waals surface area contributed by atoms with Crippen molar-refractivity contribution >= 4 is 39.0 Å². The van der Waals surface area contributed by atoms with Gasteiger partial charge in [-0.3, -0.25) is 0 Å². The van der Waals surface area contributed by atoms with Gasteiger partial charge in [0.15, 0.2) is 0 Å². The van der Waals surface area contributed by atoms with Gasteiger partial charge >= 0.3 is 0 Å². The summed E-state index contributed by atoms with van der Waals surface area (Å²) >= 11 is 0. The molecular weight excluding hydrogens is 713 g/mol. The van der Waals surface area contributed by atoms with Crippen LogP contribution < -0.4 is 0 Å². The molecule has 59 heavy (non-hydrogen) atoms. The number of hydrogen-bond acceptors (Lipinski definition) is 1. The van der Waals surface area contributed by atoms with Crippen LogP contribution >= 0.6 is 0 Å². The quantitative estimate of drug-likeness (QED) is 0.163. The van der Waals surface area contributed by atoms with Gasteiger partial charge in [0.05, 0.1) is 0 Å². The van der Waals surface area contributed by atoms with Gasteiger partial charge in [0, 0.05) is 40.5 Å². The van der Waals surface area contributed by atoms with E-state index in [-0.39, 0.29) is 0 Å². The third-order valence-electron chi connectivity index (χ3n) is 14.8. The summed E-state index contributed by atoms with van der Waals surface area (Å²) in [7, 11) is 0. The first kappa shape index (κ1) is 35.1. The largest absolute Gasteiger partial charge is 0.456 e. The van der Waals surface area contributed by atoms with E-state index in [0.717, 1.165) is 37.0 Å². The van der Waals surface area contributed by atoms with Crippen LogP contribution in [0.25, 0.3) is 39.0 Å². The molecule has 0 aliphatic heterocycles. The second kappa shape index (κ2) is 14.4. The second-order valence-electron chi connectivity index (χ2n) is 18.2. The molecule has 5 aromatic rings. The smallest absolute Gasteiger partial charge is 0.138 e. The summed E-state index contributed by atoms with van der Waals surface area (Å²) in [5.74, 6) is 4.82. The molecule has 0 bridgehead atoms. The van der Waals surface area contributed by atoms with Gasteiger partial charge in [-0.25, -0.2) is 0 Å². The molecule has 9 unspecified atom stereocenters. The van der Waals surface area contributed by atoms with Gasteiger partial charge < -0.3 is 4.42 Å². The Balaban J connectivity index is 0.970. The molecule has 0 saturated heterocycles. The van der Waals surface area contributed by atoms with Gasteiger partial charge in [-0.1, -0.05) is 170 Å². The third kappa shape index (κ3) is 6.29. The zero-order valence-corrected chi connectivity index (χ0v) is 33.5. The van der Waals surface area contributed by atoms with Crippen LogP contribution in [0.1, 0.15) is 83.4 Å². The van der Waals surface area contributed by atoms with Crippen molar-refractivity contribution in [1.82, 2.24) is 0 Å². The third-order valence-corrected chi connectivity index (χ3v) is 14.8. The average Bonchev–Trinajstić information content (AvgIpc) is 3.70. The number of allylic oxidation sites excluding steroid dienone is 19. The molecule has 1 saturated carbocycles. The molecule has 7 aliphatic carbocycles. The lowest BCUT2D eigenvalue weighted by atomic mass is 9.66. The highest BCUT2D eigenvalue weighted by molar-refractivity contribution is 5.93. The zero-order chi connectivity index (χ0) is 38.9. The molecule has 1 heterocycles. The van der Waals surface area contributed by atoms with Crippen LogP contribution in [0, 0.1) is 35.5 Å². The minimum Gasteiger partial charge on any atom is -0.456 e. The van der Waals surface area contributed by atoms with Crippen LogP contribution in [-0.2, 0) is 0 Å². The van der Waals surface area contributed by atoms with Gasteiger partial charge in [0.2, 0.25) is 0 Å². The highest BCUT2D eigenvalue weighted by atomic mass is 16.3. The average molecular weight is 763 g/mol. The molecule has 1 nitrogen and oxygen atoms in total. The van der Waals surface area contributed by atoms with Crippen molar-refractivity contribution < 1.29 is 4.42 Å². The number of benzene rings is 4. The Hall–Kier alpha value is -5.92. The van der Waals surface area contributed by atoms with Crippen molar-refractivity contribution in [2.45, 2.75) is 49.9 Å². The Morgan fingerprint density at radius 1 is 0.508 bits per heavy atom. The highest BCUT2D eigenvalue weighted by Crippen LogP contribution is 2.53. The fraction of sp³-hybridized carbons (Fsp3) is 0.241. The van der Waals surface area contributed by atoms with E-state index in [1.165, 1.54) is 67.1 Å². The SMILES string of the molecule is C1=CC2C=CC(c3cc(C4CC(C5=CC6C=CC(c7ccccc7)=CC6C=C5)CC(c5ccc6ccccc6c5)C4)c4oc5c(c4c3)C3CCC=CC3C=C5)=CC2C=C1. The second-order valence-corrected chi connectivity index (χ2v) is 18.2. The van der Waals surface area contributed by atoms with E-state index in [1.54, 1.807) is 0 Å². The molecule has 0 spiro atoms. The maximum absolute atomic E-state index is 7.14. The van der Waals surface area contributed by atoms with E-state index in [9.17, 15) is 0 Å². The summed E-state index contributed by atoms with van der Waals surface area (Å²) in [6.07, 6.45) is 46.5. The Labute approximate surface area is 348 Å². The van der Waals surface area contributed by atoms with Crippen LogP contribution in [-0.4, -0.2) is 0 Å². The molecule has 0 radical (unpaired) electrons. The van der Waals surface area contributed by atoms with Gasteiger partial charge in [-0.05, 0) is 124 Å². The van der Waals surface area contributed by atoms with Crippen LogP contribution in [0.5, 0.6) is 0 Å². The minimum absolute atomic E-state index is 0.350. The topological polar surface area (TPSA) is 13.1 Å². The molecule has 4 aromatic carbocycles. The van der Waals surface area contributed by atoms with E-state index in [4.69, 9.17) is 4.42 Å². The summed E-state index contributed by atoms with van der Waals surface area (Å²) in [4.78, 5) is 0. The molecule has 288 valence electrons. The summed E-state index contributed by atoms with van der Waals surface area (Å²) in [5.41, 5.74) is 12.2. The van der Waals surface area contributed by atoms with Gasteiger partial charge in [-0.2, -0.15) is 0 Å². The van der Waals surface area contributed by atoms with Gasteiger partial charge in [0.1, 0.15) is 11.3 Å². The molecule has 0 amide bonds. The number of furan rings is 1. The van der Waals surface area contributed by atoms with Crippen LogP contribution in [0.15, 0.2) is 192 Å². The first-order chi connectivity index (χ1) is 29.2. The lowest BCUT2D eigenvalue weighted by Gasteiger charge is -2.38. The van der Waals surface area contributed by atoms with Crippen LogP contribution in [0.2, 0.25) is 0 Å². The molecule has 12 rings (SSSR count). The summed E-state index contributed by atoms with van der Waals surface area (Å²) < 4.78 is 7.14. The van der Waals surface area contributed by atoms with E-state index >= 15 is 0 Å². The lowest BCUT2D eigenvalue weighted by molar-refractivity contribution is 0.322. The molecule has 1 aromatic heterocycles. The fourth-order valence-electron chi connectivity index (χ4n) is 11.7. The maximum atomic E-state index is 7.14. The van der Waals surface area contributed by atoms with E-state index < -0.39 is 0 Å². The minimum atomic E-state index is 0.350. The Morgan fingerprint density at radius 2 is 1.22 bits per heavy atom. The van der Waals surface area contributed by atoms with Gasteiger partial charge in [-0.15, -0.1) is 0 Å². The fourth-order valence-corrected chi connectivity index (χ4v) is 11.7. The first-order valence-corrected chi connectivity index (χ1v) is 22.2. The van der Waals surface area contributed by atoms with Crippen molar-refractivity contribution in [3.8, 4) is 0 Å². The predicted molar refractivity (Wildman–Crippen MR) is 247 cm³/mol. The van der Waals surface area contributed by atoms with Crippen molar-refractivity contribution in [2.75, 3.05) is 0 Å². The monoisotopic (exact) mass is 762 g/mol. The molecular formula is C58H50O. The first-order valence-electron chi connectivity index (χ1n) is 22.2. The van der Waals surface area contributed by atoms with Crippen LogP contribution in [0.3, 0.4) is 0 Å². The van der Waals surface area contributed by atoms with Crippen molar-refractivity contribution in [1.29, 1.82) is 0 Å². The summed E-state index contributed by atoms with van der Waals surface area (Å²) in [5, 5.41) is 3.99. The molecule has 1 fully saturated rings. The molecule has 0 N–H and O–H groups in total. The molecule has 7 aliphatic rings. The standard InChI is InChI=1S/C58H50O/c1-2-10-37(11-3-1)43-22-23-45-31-47(25-24-44(45)30-43)50-32-49(46-20-18-38-12-4-6-15-41(38)28-46)33-52(34-50)54-35-51(48-21-19-39-13-5-7-16-42(39)29-48)36-55-57-53-17-9-8-14-40(53)26-27-56(57)59-58(54)55/h1-8,10-16,18-31,35-36,39-40,42,44-45,49-50,52-53H,9,17,32-34H2. The number of hydrogen-bond donors (Lipinski definition) is 0. The van der Waals surface area contributed by atoms with Gasteiger partial charge in [0.25, 0.3) is 0 Å². The Bertz CT molecular complexity index is 2800. The predicted octanol–water partition coefficient (Wildman–Crippen LogP) is 15.0. The highest BCUT2D eigenvalue weighted by Gasteiger charge is 2.37. The lowest BCUT2D eigenvalue weighted by Crippen LogP contribution is -2.24. The number of rotatable bonds is 5. The van der Waals surface area contributed by atoms with E-state index in [1.807, 2.05) is 0 Å². The zero-order valence-electron chi connectivity index (χ0n) is 33.5. The molecule has 1 heteroatoms. The Morgan fingerprint density at radius 3 is 2.12 bits per heavy atom. The summed E-state index contributed by atoms with van der Waals surface area (Å²) in [6.45, 7) is 0. The van der Waals surface area contributed by atoms with Crippen molar-refractivity contribution in [2.24, 2.45) is 35.5 Å².